The summed E-state index contributed by atoms with van der Waals surface area (Å²) in [5.74, 6) is 0.858. The summed E-state index contributed by atoms with van der Waals surface area (Å²) in [6.45, 7) is 0. The molecule has 0 saturated heterocycles. The number of thiazole rings is 1. The molecule has 15 heavy (non-hydrogen) atoms. The Balaban J connectivity index is 2.23. The second kappa shape index (κ2) is 4.55. The predicted molar refractivity (Wildman–Crippen MR) is 63.6 cm³/mol. The van der Waals surface area contributed by atoms with Crippen LogP contribution in [0.1, 0.15) is 0 Å². The van der Waals surface area contributed by atoms with Crippen LogP contribution in [-0.4, -0.2) is 12.1 Å². The molecule has 78 valence electrons. The number of benzene rings is 1. The molecule has 0 radical (unpaired) electrons. The minimum atomic E-state index is 0.729. The average Bonchev–Trinajstić information content (AvgIpc) is 2.65. The zero-order valence-electron chi connectivity index (χ0n) is 8.14. The van der Waals surface area contributed by atoms with E-state index < -0.39 is 0 Å². The number of methoxy groups -OCH3 is 1. The third-order valence-corrected chi connectivity index (χ3v) is 3.73. The third kappa shape index (κ3) is 2.43. The Kier molecular flexibility index (Phi) is 3.13. The number of hydrogen-bond acceptors (Lipinski definition) is 5. The lowest BCUT2D eigenvalue weighted by Crippen LogP contribution is -1.84. The molecule has 3 nitrogen and oxygen atoms in total. The van der Waals surface area contributed by atoms with Gasteiger partial charge < -0.3 is 10.5 Å². The average molecular weight is 238 g/mol. The fourth-order valence-corrected chi connectivity index (χ4v) is 2.94. The quantitative estimate of drug-likeness (QED) is 0.893. The fraction of sp³-hybridized carbons (Fsp3) is 0.100. The highest BCUT2D eigenvalue weighted by molar-refractivity contribution is 8.01. The predicted octanol–water partition coefficient (Wildman–Crippen LogP) is 2.89. The summed E-state index contributed by atoms with van der Waals surface area (Å²) in [6.07, 6.45) is 1.67. The number of para-hydroxylation sites is 1. The summed E-state index contributed by atoms with van der Waals surface area (Å²) < 4.78 is 6.18. The van der Waals surface area contributed by atoms with Crippen molar-refractivity contribution in [1.29, 1.82) is 0 Å². The van der Waals surface area contributed by atoms with Gasteiger partial charge in [-0.15, -0.1) is 0 Å². The van der Waals surface area contributed by atoms with E-state index in [2.05, 4.69) is 4.98 Å². The fourth-order valence-electron chi connectivity index (χ4n) is 1.11. The summed E-state index contributed by atoms with van der Waals surface area (Å²) in [5, 5.41) is 0.729. The van der Waals surface area contributed by atoms with Crippen LogP contribution in [0.3, 0.4) is 0 Å². The Morgan fingerprint density at radius 2 is 2.20 bits per heavy atom. The Bertz CT molecular complexity index is 456. The highest BCUT2D eigenvalue weighted by Gasteiger charge is 2.06. The highest BCUT2D eigenvalue weighted by Crippen LogP contribution is 2.36. The van der Waals surface area contributed by atoms with Crippen LogP contribution in [0.5, 0.6) is 5.75 Å². The van der Waals surface area contributed by atoms with E-state index in [1.165, 1.54) is 11.3 Å². The van der Waals surface area contributed by atoms with Crippen LogP contribution in [0.25, 0.3) is 0 Å². The van der Waals surface area contributed by atoms with Crippen molar-refractivity contribution in [1.82, 2.24) is 4.98 Å². The van der Waals surface area contributed by atoms with Crippen molar-refractivity contribution in [2.75, 3.05) is 12.8 Å². The SMILES string of the molecule is COc1ccccc1Sc1ncc(N)s1. The maximum Gasteiger partial charge on any atom is 0.156 e. The van der Waals surface area contributed by atoms with Gasteiger partial charge in [0, 0.05) is 0 Å². The molecule has 0 aliphatic rings. The molecule has 0 atom stereocenters. The lowest BCUT2D eigenvalue weighted by atomic mass is 10.3. The Labute approximate surface area is 96.3 Å². The Morgan fingerprint density at radius 1 is 1.40 bits per heavy atom. The number of hydrogen-bond donors (Lipinski definition) is 1. The zero-order chi connectivity index (χ0) is 10.7. The van der Waals surface area contributed by atoms with E-state index in [0.29, 0.717) is 0 Å². The van der Waals surface area contributed by atoms with Crippen LogP contribution in [0.2, 0.25) is 0 Å². The van der Waals surface area contributed by atoms with Crippen LogP contribution in [0.15, 0.2) is 39.7 Å². The van der Waals surface area contributed by atoms with E-state index in [4.69, 9.17) is 10.5 Å². The number of nitrogens with two attached hydrogens (primary N) is 1. The van der Waals surface area contributed by atoms with Crippen molar-refractivity contribution in [2.24, 2.45) is 0 Å². The number of anilines is 1. The van der Waals surface area contributed by atoms with Crippen molar-refractivity contribution in [2.45, 2.75) is 9.24 Å². The molecular weight excluding hydrogens is 228 g/mol. The van der Waals surface area contributed by atoms with E-state index >= 15 is 0 Å². The molecule has 2 rings (SSSR count). The van der Waals surface area contributed by atoms with E-state index in [0.717, 1.165) is 20.0 Å². The number of nitrogen functional groups attached to an aromatic ring is 1. The standard InChI is InChI=1S/C10H10N2OS2/c1-13-7-4-2-3-5-8(7)14-10-12-6-9(11)15-10/h2-6H,11H2,1H3. The van der Waals surface area contributed by atoms with Gasteiger partial charge in [-0.3, -0.25) is 0 Å². The number of nitrogens with zero attached hydrogens (tertiary/aromatic N) is 1. The molecule has 0 bridgehead atoms. The molecule has 0 fully saturated rings. The smallest absolute Gasteiger partial charge is 0.156 e. The van der Waals surface area contributed by atoms with Crippen molar-refractivity contribution in [3.8, 4) is 5.75 Å². The first-order chi connectivity index (χ1) is 7.29. The highest BCUT2D eigenvalue weighted by atomic mass is 32.2. The van der Waals surface area contributed by atoms with Gasteiger partial charge in [0.05, 0.1) is 18.2 Å². The van der Waals surface area contributed by atoms with Gasteiger partial charge >= 0.3 is 0 Å². The van der Waals surface area contributed by atoms with Crippen LogP contribution < -0.4 is 10.5 Å². The monoisotopic (exact) mass is 238 g/mol. The molecule has 0 aliphatic carbocycles. The molecule has 0 spiro atoms. The molecule has 0 unspecified atom stereocenters. The van der Waals surface area contributed by atoms with Crippen molar-refractivity contribution >= 4 is 28.1 Å². The van der Waals surface area contributed by atoms with Crippen LogP contribution >= 0.6 is 23.1 Å². The number of ether oxygens (including phenoxy) is 1. The third-order valence-electron chi connectivity index (χ3n) is 1.77. The van der Waals surface area contributed by atoms with Gasteiger partial charge in [0.1, 0.15) is 10.8 Å². The molecule has 2 N–H and O–H groups in total. The molecule has 0 aliphatic heterocycles. The van der Waals surface area contributed by atoms with Gasteiger partial charge in [-0.2, -0.15) is 0 Å². The summed E-state index contributed by atoms with van der Waals surface area (Å²) in [4.78, 5) is 5.24. The Morgan fingerprint density at radius 3 is 2.87 bits per heavy atom. The van der Waals surface area contributed by atoms with E-state index in [-0.39, 0.29) is 0 Å². The van der Waals surface area contributed by atoms with Crippen molar-refractivity contribution in [3.63, 3.8) is 0 Å². The van der Waals surface area contributed by atoms with Crippen molar-refractivity contribution in [3.05, 3.63) is 30.5 Å². The van der Waals surface area contributed by atoms with Gasteiger partial charge in [0.2, 0.25) is 0 Å². The lowest BCUT2D eigenvalue weighted by molar-refractivity contribution is 0.405. The van der Waals surface area contributed by atoms with E-state index in [1.54, 1.807) is 25.1 Å². The summed E-state index contributed by atoms with van der Waals surface area (Å²) in [6, 6.07) is 7.85. The zero-order valence-corrected chi connectivity index (χ0v) is 9.77. The van der Waals surface area contributed by atoms with Crippen LogP contribution in [0, 0.1) is 0 Å². The maximum absolute atomic E-state index is 5.61. The topological polar surface area (TPSA) is 48.1 Å². The second-order valence-corrected chi connectivity index (χ2v) is 5.13. The van der Waals surface area contributed by atoms with Crippen LogP contribution in [0.4, 0.5) is 5.00 Å². The van der Waals surface area contributed by atoms with Crippen molar-refractivity contribution < 1.29 is 4.74 Å². The molecule has 1 aromatic carbocycles. The minimum Gasteiger partial charge on any atom is -0.496 e. The molecule has 1 aromatic heterocycles. The summed E-state index contributed by atoms with van der Waals surface area (Å²) >= 11 is 3.04. The normalized spacial score (nSPS) is 10.2. The first-order valence-corrected chi connectivity index (χ1v) is 5.95. The summed E-state index contributed by atoms with van der Waals surface area (Å²) in [5.41, 5.74) is 5.61. The maximum atomic E-state index is 5.61. The van der Waals surface area contributed by atoms with E-state index in [9.17, 15) is 0 Å². The first kappa shape index (κ1) is 10.3. The van der Waals surface area contributed by atoms with Gasteiger partial charge in [0.15, 0.2) is 4.34 Å². The number of aromatic nitrogens is 1. The molecule has 1 heterocycles. The molecule has 0 amide bonds. The summed E-state index contributed by atoms with van der Waals surface area (Å²) in [7, 11) is 1.66. The minimum absolute atomic E-state index is 0.729. The van der Waals surface area contributed by atoms with Gasteiger partial charge in [-0.25, -0.2) is 4.98 Å². The Hall–Kier alpha value is -1.20. The van der Waals surface area contributed by atoms with E-state index in [1.807, 2.05) is 24.3 Å². The van der Waals surface area contributed by atoms with Gasteiger partial charge in [-0.1, -0.05) is 35.2 Å². The number of rotatable bonds is 3. The molecule has 2 aromatic rings. The van der Waals surface area contributed by atoms with Gasteiger partial charge in [0.25, 0.3) is 0 Å². The first-order valence-electron chi connectivity index (χ1n) is 4.32. The largest absolute Gasteiger partial charge is 0.496 e. The molecule has 5 heteroatoms. The molecular formula is C10H10N2OS2. The van der Waals surface area contributed by atoms with Crippen LogP contribution in [-0.2, 0) is 0 Å². The lowest BCUT2D eigenvalue weighted by Gasteiger charge is -2.04. The van der Waals surface area contributed by atoms with Gasteiger partial charge in [-0.05, 0) is 12.1 Å². The molecule has 0 saturated carbocycles. The second-order valence-electron chi connectivity index (χ2n) is 2.78.